The van der Waals surface area contributed by atoms with Crippen molar-refractivity contribution in [3.05, 3.63) is 56.9 Å². The van der Waals surface area contributed by atoms with Crippen LogP contribution in [0.5, 0.6) is 5.75 Å². The van der Waals surface area contributed by atoms with E-state index in [0.717, 1.165) is 10.1 Å². The molecule has 2 aromatic rings. The molecule has 106 valence electrons. The minimum absolute atomic E-state index is 0.0568. The predicted molar refractivity (Wildman–Crippen MR) is 77.1 cm³/mol. The molecule has 0 bridgehead atoms. The van der Waals surface area contributed by atoms with Gasteiger partial charge in [-0.25, -0.2) is 4.79 Å². The summed E-state index contributed by atoms with van der Waals surface area (Å²) in [6.45, 7) is 2.40. The van der Waals surface area contributed by atoms with Crippen molar-refractivity contribution in [1.82, 2.24) is 9.13 Å². The second-order valence-corrected chi connectivity index (χ2v) is 4.36. The first kappa shape index (κ1) is 13.9. The first-order valence-corrected chi connectivity index (χ1v) is 6.30. The highest BCUT2D eigenvalue weighted by Crippen LogP contribution is 2.17. The quantitative estimate of drug-likeness (QED) is 0.889. The number of rotatable bonds is 4. The molecule has 0 saturated carbocycles. The Morgan fingerprint density at radius 1 is 1.25 bits per heavy atom. The van der Waals surface area contributed by atoms with Crippen LogP contribution >= 0.6 is 0 Å². The van der Waals surface area contributed by atoms with Crippen LogP contribution in [-0.2, 0) is 13.1 Å². The average Bonchev–Trinajstić information content (AvgIpc) is 2.47. The van der Waals surface area contributed by atoms with Gasteiger partial charge in [0.25, 0.3) is 5.56 Å². The SMILES string of the molecule is CCn1cc(N)c(=O)n(Cc2ccccc2OC)c1=O. The highest BCUT2D eigenvalue weighted by Gasteiger charge is 2.11. The summed E-state index contributed by atoms with van der Waals surface area (Å²) in [7, 11) is 1.55. The van der Waals surface area contributed by atoms with E-state index in [-0.39, 0.29) is 17.9 Å². The van der Waals surface area contributed by atoms with E-state index >= 15 is 0 Å². The normalized spacial score (nSPS) is 10.5. The third-order valence-electron chi connectivity index (χ3n) is 3.13. The zero-order chi connectivity index (χ0) is 14.7. The van der Waals surface area contributed by atoms with E-state index < -0.39 is 5.56 Å². The van der Waals surface area contributed by atoms with Gasteiger partial charge in [-0.05, 0) is 13.0 Å². The lowest BCUT2D eigenvalue weighted by atomic mass is 10.2. The highest BCUT2D eigenvalue weighted by molar-refractivity contribution is 5.35. The van der Waals surface area contributed by atoms with Crippen molar-refractivity contribution in [3.8, 4) is 5.75 Å². The predicted octanol–water partition coefficient (Wildman–Crippen LogP) is 0.669. The fourth-order valence-electron chi connectivity index (χ4n) is 2.05. The molecule has 20 heavy (non-hydrogen) atoms. The van der Waals surface area contributed by atoms with E-state index in [0.29, 0.717) is 12.3 Å². The van der Waals surface area contributed by atoms with Crippen molar-refractivity contribution in [2.24, 2.45) is 0 Å². The number of benzene rings is 1. The van der Waals surface area contributed by atoms with Gasteiger partial charge in [-0.3, -0.25) is 13.9 Å². The maximum atomic E-state index is 12.2. The highest BCUT2D eigenvalue weighted by atomic mass is 16.5. The summed E-state index contributed by atoms with van der Waals surface area (Å²) in [5.41, 5.74) is 5.62. The number of anilines is 1. The minimum Gasteiger partial charge on any atom is -0.496 e. The van der Waals surface area contributed by atoms with E-state index in [9.17, 15) is 9.59 Å². The molecule has 1 aromatic carbocycles. The Balaban J connectivity index is 2.57. The van der Waals surface area contributed by atoms with E-state index in [1.807, 2.05) is 25.1 Å². The summed E-state index contributed by atoms with van der Waals surface area (Å²) in [5, 5.41) is 0. The Morgan fingerprint density at radius 2 is 1.95 bits per heavy atom. The minimum atomic E-state index is -0.481. The third kappa shape index (κ3) is 2.45. The van der Waals surface area contributed by atoms with E-state index in [1.165, 1.54) is 10.8 Å². The standard InChI is InChI=1S/C14H17N3O3/c1-3-16-9-11(15)13(18)17(14(16)19)8-10-6-4-5-7-12(10)20-2/h4-7,9H,3,8,15H2,1-2H3. The van der Waals surface area contributed by atoms with Crippen LogP contribution in [0.15, 0.2) is 40.1 Å². The zero-order valence-electron chi connectivity index (χ0n) is 11.5. The molecule has 6 heteroatoms. The molecule has 1 heterocycles. The van der Waals surface area contributed by atoms with Crippen LogP contribution in [0.2, 0.25) is 0 Å². The molecule has 1 aromatic heterocycles. The molecule has 0 unspecified atom stereocenters. The van der Waals surface area contributed by atoms with Gasteiger partial charge in [0, 0.05) is 18.3 Å². The number of nitrogens with two attached hydrogens (primary N) is 1. The summed E-state index contributed by atoms with van der Waals surface area (Å²) < 4.78 is 7.76. The van der Waals surface area contributed by atoms with Crippen LogP contribution in [0.1, 0.15) is 12.5 Å². The van der Waals surface area contributed by atoms with Crippen molar-refractivity contribution in [1.29, 1.82) is 0 Å². The van der Waals surface area contributed by atoms with Crippen LogP contribution in [0.3, 0.4) is 0 Å². The van der Waals surface area contributed by atoms with Gasteiger partial charge in [0.2, 0.25) is 0 Å². The molecule has 0 aliphatic carbocycles. The lowest BCUT2D eigenvalue weighted by Gasteiger charge is -2.12. The smallest absolute Gasteiger partial charge is 0.331 e. The van der Waals surface area contributed by atoms with Crippen molar-refractivity contribution in [2.45, 2.75) is 20.0 Å². The van der Waals surface area contributed by atoms with Crippen LogP contribution in [-0.4, -0.2) is 16.2 Å². The summed E-state index contributed by atoms with van der Waals surface area (Å²) >= 11 is 0. The zero-order valence-corrected chi connectivity index (χ0v) is 11.5. The Labute approximate surface area is 116 Å². The lowest BCUT2D eigenvalue weighted by Crippen LogP contribution is -2.40. The van der Waals surface area contributed by atoms with Gasteiger partial charge >= 0.3 is 5.69 Å². The number of hydrogen-bond donors (Lipinski definition) is 1. The van der Waals surface area contributed by atoms with Crippen molar-refractivity contribution in [3.63, 3.8) is 0 Å². The fraction of sp³-hybridized carbons (Fsp3) is 0.286. The number of methoxy groups -OCH3 is 1. The molecule has 0 aliphatic rings. The maximum Gasteiger partial charge on any atom is 0.331 e. The number of para-hydroxylation sites is 1. The van der Waals surface area contributed by atoms with Crippen LogP contribution in [0.25, 0.3) is 0 Å². The lowest BCUT2D eigenvalue weighted by molar-refractivity contribution is 0.407. The first-order valence-electron chi connectivity index (χ1n) is 6.30. The van der Waals surface area contributed by atoms with E-state index in [1.54, 1.807) is 13.2 Å². The van der Waals surface area contributed by atoms with Gasteiger partial charge in [-0.1, -0.05) is 18.2 Å². The number of nitrogens with zero attached hydrogens (tertiary/aromatic N) is 2. The molecular formula is C14H17N3O3. The second-order valence-electron chi connectivity index (χ2n) is 4.36. The molecule has 6 nitrogen and oxygen atoms in total. The van der Waals surface area contributed by atoms with Gasteiger partial charge in [0.15, 0.2) is 0 Å². The van der Waals surface area contributed by atoms with Crippen LogP contribution in [0, 0.1) is 0 Å². The summed E-state index contributed by atoms with van der Waals surface area (Å²) in [4.78, 5) is 24.3. The molecule has 2 N–H and O–H groups in total. The topological polar surface area (TPSA) is 79.2 Å². The van der Waals surface area contributed by atoms with Gasteiger partial charge < -0.3 is 10.5 Å². The number of hydrogen-bond acceptors (Lipinski definition) is 4. The number of aryl methyl sites for hydroxylation is 1. The molecule has 0 saturated heterocycles. The average molecular weight is 275 g/mol. The maximum absolute atomic E-state index is 12.2. The number of aromatic nitrogens is 2. The molecule has 0 atom stereocenters. The van der Waals surface area contributed by atoms with Crippen LogP contribution < -0.4 is 21.7 Å². The second kappa shape index (κ2) is 5.64. The molecule has 0 fully saturated rings. The fourth-order valence-corrected chi connectivity index (χ4v) is 2.05. The summed E-state index contributed by atoms with van der Waals surface area (Å²) in [6, 6.07) is 7.25. The number of ether oxygens (including phenoxy) is 1. The third-order valence-corrected chi connectivity index (χ3v) is 3.13. The molecule has 0 aliphatic heterocycles. The van der Waals surface area contributed by atoms with Crippen molar-refractivity contribution in [2.75, 3.05) is 12.8 Å². The number of nitrogen functional groups attached to an aromatic ring is 1. The Hall–Kier alpha value is -2.50. The summed E-state index contributed by atoms with van der Waals surface area (Å²) in [6.07, 6.45) is 1.38. The monoisotopic (exact) mass is 275 g/mol. The van der Waals surface area contributed by atoms with Gasteiger partial charge in [0.1, 0.15) is 11.4 Å². The summed E-state index contributed by atoms with van der Waals surface area (Å²) in [5.74, 6) is 0.629. The molecular weight excluding hydrogens is 258 g/mol. The van der Waals surface area contributed by atoms with Gasteiger partial charge in [-0.15, -0.1) is 0 Å². The van der Waals surface area contributed by atoms with Crippen molar-refractivity contribution >= 4 is 5.69 Å². The Bertz CT molecular complexity index is 731. The Kier molecular flexibility index (Phi) is 3.93. The largest absolute Gasteiger partial charge is 0.496 e. The molecule has 2 rings (SSSR count). The first-order chi connectivity index (χ1) is 9.58. The van der Waals surface area contributed by atoms with Crippen LogP contribution in [0.4, 0.5) is 5.69 Å². The molecule has 0 spiro atoms. The molecule has 0 radical (unpaired) electrons. The van der Waals surface area contributed by atoms with E-state index in [2.05, 4.69) is 0 Å². The molecule has 0 amide bonds. The van der Waals surface area contributed by atoms with Gasteiger partial charge in [0.05, 0.1) is 13.7 Å². The van der Waals surface area contributed by atoms with E-state index in [4.69, 9.17) is 10.5 Å². The van der Waals surface area contributed by atoms with Crippen molar-refractivity contribution < 1.29 is 4.74 Å². The Morgan fingerprint density at radius 3 is 2.60 bits per heavy atom. The van der Waals surface area contributed by atoms with Gasteiger partial charge in [-0.2, -0.15) is 0 Å².